The number of amidine groups is 1. The maximum Gasteiger partial charge on any atom is 0.267 e. The number of nitrogens with zero attached hydrogens (tertiary/aromatic N) is 3. The quantitative estimate of drug-likeness (QED) is 0.424. The highest BCUT2D eigenvalue weighted by Crippen LogP contribution is 2.36. The Morgan fingerprint density at radius 3 is 2.60 bits per heavy atom. The number of benzene rings is 2. The molecule has 0 radical (unpaired) electrons. The van der Waals surface area contributed by atoms with Crippen molar-refractivity contribution in [2.24, 2.45) is 4.99 Å². The lowest BCUT2D eigenvalue weighted by molar-refractivity contribution is -0.122. The third-order valence-corrected chi connectivity index (χ3v) is 6.16. The monoisotopic (exact) mass is 481 g/mol. The van der Waals surface area contributed by atoms with Crippen molar-refractivity contribution in [2.75, 3.05) is 19.0 Å². The van der Waals surface area contributed by atoms with E-state index in [0.717, 1.165) is 21.4 Å². The van der Waals surface area contributed by atoms with Gasteiger partial charge in [-0.05, 0) is 75.7 Å². The van der Waals surface area contributed by atoms with E-state index in [4.69, 9.17) is 9.41 Å². The number of para-hydroxylation sites is 1. The van der Waals surface area contributed by atoms with Gasteiger partial charge in [0.25, 0.3) is 5.91 Å². The molecule has 3 aromatic rings. The summed E-state index contributed by atoms with van der Waals surface area (Å²) in [6.07, 6.45) is 3.51. The Balaban J connectivity index is 1.68. The summed E-state index contributed by atoms with van der Waals surface area (Å²) in [6, 6.07) is 19.4. The Kier molecular flexibility index (Phi) is 6.11. The fraction of sp³-hybridized carbons (Fsp3) is 0.130. The lowest BCUT2D eigenvalue weighted by Crippen LogP contribution is -2.28. The summed E-state index contributed by atoms with van der Waals surface area (Å²) in [5, 5.41) is 0.637. The molecule has 5 nitrogen and oxygen atoms in total. The van der Waals surface area contributed by atoms with E-state index in [9.17, 15) is 4.79 Å². The fourth-order valence-corrected chi connectivity index (χ4v) is 4.78. The van der Waals surface area contributed by atoms with Crippen LogP contribution >= 0.6 is 27.7 Å². The van der Waals surface area contributed by atoms with E-state index in [1.54, 1.807) is 11.2 Å². The number of amides is 1. The number of rotatable bonds is 5. The molecule has 0 N–H and O–H groups in total. The van der Waals surface area contributed by atoms with E-state index < -0.39 is 0 Å². The van der Waals surface area contributed by atoms with Crippen molar-refractivity contribution in [1.29, 1.82) is 0 Å². The van der Waals surface area contributed by atoms with Gasteiger partial charge in [-0.1, -0.05) is 24.3 Å². The number of halogens is 1. The first-order valence-electron chi connectivity index (χ1n) is 9.35. The van der Waals surface area contributed by atoms with E-state index in [1.165, 1.54) is 11.8 Å². The minimum absolute atomic E-state index is 0.0844. The summed E-state index contributed by atoms with van der Waals surface area (Å²) in [4.78, 5) is 22.2. The number of thioether (sulfide) groups is 1. The first-order valence-corrected chi connectivity index (χ1v) is 11.0. The van der Waals surface area contributed by atoms with Crippen LogP contribution in [-0.2, 0) is 11.3 Å². The van der Waals surface area contributed by atoms with E-state index in [-0.39, 0.29) is 5.91 Å². The van der Waals surface area contributed by atoms with Crippen LogP contribution in [0.5, 0.6) is 0 Å². The lowest BCUT2D eigenvalue weighted by atomic mass is 10.2. The highest BCUT2D eigenvalue weighted by atomic mass is 79.9. The van der Waals surface area contributed by atoms with Gasteiger partial charge in [0.1, 0.15) is 5.76 Å². The van der Waals surface area contributed by atoms with Crippen LogP contribution in [0.3, 0.4) is 0 Å². The van der Waals surface area contributed by atoms with Gasteiger partial charge in [0, 0.05) is 18.6 Å². The zero-order chi connectivity index (χ0) is 21.1. The van der Waals surface area contributed by atoms with Crippen molar-refractivity contribution in [1.82, 2.24) is 4.90 Å². The van der Waals surface area contributed by atoms with Crippen molar-refractivity contribution < 1.29 is 9.21 Å². The van der Waals surface area contributed by atoms with Gasteiger partial charge in [0.15, 0.2) is 5.17 Å². The van der Waals surface area contributed by atoms with Gasteiger partial charge < -0.3 is 9.32 Å². The first kappa shape index (κ1) is 20.5. The zero-order valence-corrected chi connectivity index (χ0v) is 19.0. The van der Waals surface area contributed by atoms with Crippen LogP contribution in [0, 0.1) is 0 Å². The van der Waals surface area contributed by atoms with Crippen molar-refractivity contribution in [3.05, 3.63) is 87.6 Å². The number of hydrogen-bond donors (Lipinski definition) is 0. The van der Waals surface area contributed by atoms with E-state index in [0.29, 0.717) is 22.4 Å². The maximum absolute atomic E-state index is 13.2. The summed E-state index contributed by atoms with van der Waals surface area (Å²) in [5.74, 6) is 0.628. The fourth-order valence-electron chi connectivity index (χ4n) is 3.03. The molecule has 30 heavy (non-hydrogen) atoms. The molecule has 1 aliphatic heterocycles. The molecule has 0 unspecified atom stereocenters. The average molecular weight is 482 g/mol. The Bertz CT molecular complexity index is 1110. The molecule has 1 fully saturated rings. The highest BCUT2D eigenvalue weighted by molar-refractivity contribution is 9.10. The number of furan rings is 1. The number of hydrogen-bond acceptors (Lipinski definition) is 5. The van der Waals surface area contributed by atoms with Crippen LogP contribution < -0.4 is 4.90 Å². The van der Waals surface area contributed by atoms with Gasteiger partial charge in [0.2, 0.25) is 0 Å². The third kappa shape index (κ3) is 4.52. The minimum atomic E-state index is -0.0844. The molecule has 1 aromatic heterocycles. The molecule has 7 heteroatoms. The number of carbonyl (C=O) groups excluding carboxylic acids is 1. The standard InChI is InChI=1S/C23H20BrN3O2S/c1-26(2)20-11-10-16(13-19(20)24)14-21-22(28)27(15-18-9-6-12-29-18)23(30-21)25-17-7-4-3-5-8-17/h3-14H,15H2,1-2H3. The molecule has 0 spiro atoms. The smallest absolute Gasteiger partial charge is 0.267 e. The SMILES string of the molecule is CN(C)c1ccc(C=C2SC(=Nc3ccccc3)N(Cc3ccco3)C2=O)cc1Br. The molecule has 152 valence electrons. The Morgan fingerprint density at radius 1 is 1.13 bits per heavy atom. The Hall–Kier alpha value is -2.77. The van der Waals surface area contributed by atoms with Crippen LogP contribution in [0.1, 0.15) is 11.3 Å². The Morgan fingerprint density at radius 2 is 1.93 bits per heavy atom. The summed E-state index contributed by atoms with van der Waals surface area (Å²) in [7, 11) is 3.99. The van der Waals surface area contributed by atoms with Gasteiger partial charge in [-0.3, -0.25) is 9.69 Å². The summed E-state index contributed by atoms with van der Waals surface area (Å²) in [5.41, 5.74) is 2.83. The van der Waals surface area contributed by atoms with Crippen molar-refractivity contribution in [3.63, 3.8) is 0 Å². The topological polar surface area (TPSA) is 49.0 Å². The number of carbonyl (C=O) groups is 1. The van der Waals surface area contributed by atoms with E-state index >= 15 is 0 Å². The summed E-state index contributed by atoms with van der Waals surface area (Å²) >= 11 is 4.99. The molecule has 4 rings (SSSR count). The molecule has 1 saturated heterocycles. The van der Waals surface area contributed by atoms with Crippen LogP contribution in [-0.4, -0.2) is 30.1 Å². The molecule has 2 aromatic carbocycles. The number of anilines is 1. The molecule has 0 bridgehead atoms. The predicted molar refractivity (Wildman–Crippen MR) is 127 cm³/mol. The largest absolute Gasteiger partial charge is 0.467 e. The minimum Gasteiger partial charge on any atom is -0.467 e. The van der Waals surface area contributed by atoms with E-state index in [1.807, 2.05) is 85.7 Å². The molecule has 1 aliphatic rings. The van der Waals surface area contributed by atoms with Gasteiger partial charge >= 0.3 is 0 Å². The Labute approximate surface area is 188 Å². The van der Waals surface area contributed by atoms with Crippen molar-refractivity contribution in [3.8, 4) is 0 Å². The molecular formula is C23H20BrN3O2S. The normalized spacial score (nSPS) is 16.6. The molecule has 0 aliphatic carbocycles. The molecule has 0 saturated carbocycles. The second-order valence-electron chi connectivity index (χ2n) is 6.92. The highest BCUT2D eigenvalue weighted by Gasteiger charge is 2.34. The summed E-state index contributed by atoms with van der Waals surface area (Å²) < 4.78 is 6.43. The third-order valence-electron chi connectivity index (χ3n) is 4.51. The van der Waals surface area contributed by atoms with Crippen LogP contribution in [0.25, 0.3) is 6.08 Å². The van der Waals surface area contributed by atoms with Gasteiger partial charge in [0.05, 0.1) is 29.1 Å². The molecule has 1 amide bonds. The van der Waals surface area contributed by atoms with Gasteiger partial charge in [-0.25, -0.2) is 4.99 Å². The first-order chi connectivity index (χ1) is 14.5. The van der Waals surface area contributed by atoms with Crippen LogP contribution in [0.4, 0.5) is 11.4 Å². The van der Waals surface area contributed by atoms with Gasteiger partial charge in [-0.15, -0.1) is 0 Å². The van der Waals surface area contributed by atoms with E-state index in [2.05, 4.69) is 15.9 Å². The second-order valence-corrected chi connectivity index (χ2v) is 8.78. The predicted octanol–water partition coefficient (Wildman–Crippen LogP) is 5.91. The summed E-state index contributed by atoms with van der Waals surface area (Å²) in [6.45, 7) is 0.338. The molecular weight excluding hydrogens is 462 g/mol. The molecule has 0 atom stereocenters. The van der Waals surface area contributed by atoms with Crippen LogP contribution in [0.15, 0.2) is 85.7 Å². The van der Waals surface area contributed by atoms with Crippen LogP contribution in [0.2, 0.25) is 0 Å². The second kappa shape index (κ2) is 8.93. The van der Waals surface area contributed by atoms with Crippen molar-refractivity contribution >= 4 is 56.2 Å². The van der Waals surface area contributed by atoms with Gasteiger partial charge in [-0.2, -0.15) is 0 Å². The average Bonchev–Trinajstić information content (AvgIpc) is 3.33. The van der Waals surface area contributed by atoms with Crippen molar-refractivity contribution in [2.45, 2.75) is 6.54 Å². The zero-order valence-electron chi connectivity index (χ0n) is 16.6. The molecule has 2 heterocycles. The maximum atomic E-state index is 13.2. The lowest BCUT2D eigenvalue weighted by Gasteiger charge is -2.15. The number of aliphatic imine (C=N–C) groups is 1.